The smallest absolute Gasteiger partial charge is 0.151 e. The number of thiazole rings is 1. The second kappa shape index (κ2) is 4.47. The average Bonchev–Trinajstić information content (AvgIpc) is 2.81. The molecule has 0 unspecified atom stereocenters. The lowest BCUT2D eigenvalue weighted by atomic mass is 10.2. The molecule has 0 amide bonds. The number of hydrogen-bond acceptors (Lipinski definition) is 4. The van der Waals surface area contributed by atoms with E-state index in [1.165, 1.54) is 11.3 Å². The van der Waals surface area contributed by atoms with Gasteiger partial charge in [-0.2, -0.15) is 0 Å². The summed E-state index contributed by atoms with van der Waals surface area (Å²) in [5.41, 5.74) is 8.38. The minimum atomic E-state index is -0.720. The van der Waals surface area contributed by atoms with E-state index in [0.29, 0.717) is 5.69 Å². The highest BCUT2D eigenvalue weighted by atomic mass is 32.1. The molecule has 96 valence electrons. The third-order valence-electron chi connectivity index (χ3n) is 2.67. The number of nitrogen functional groups attached to an aromatic ring is 1. The first kappa shape index (κ1) is 11.9. The molecule has 0 aliphatic rings. The Labute approximate surface area is 111 Å². The average molecular weight is 277 g/mol. The van der Waals surface area contributed by atoms with Gasteiger partial charge >= 0.3 is 0 Å². The van der Waals surface area contributed by atoms with Crippen LogP contribution in [0.15, 0.2) is 35.8 Å². The van der Waals surface area contributed by atoms with Crippen LogP contribution in [0.5, 0.6) is 0 Å². The van der Waals surface area contributed by atoms with Crippen LogP contribution in [0, 0.1) is 11.6 Å². The number of nitrogens with zero attached hydrogens (tertiary/aromatic N) is 1. The summed E-state index contributed by atoms with van der Waals surface area (Å²) in [6, 6.07) is 7.47. The number of nitrogens with one attached hydrogen (secondary N) is 1. The topological polar surface area (TPSA) is 50.9 Å². The molecule has 0 aliphatic carbocycles. The van der Waals surface area contributed by atoms with Crippen molar-refractivity contribution in [3.8, 4) is 0 Å². The normalized spacial score (nSPS) is 10.8. The molecule has 0 aliphatic heterocycles. The molecule has 3 rings (SSSR count). The Morgan fingerprint density at radius 3 is 2.58 bits per heavy atom. The van der Waals surface area contributed by atoms with E-state index < -0.39 is 11.6 Å². The Morgan fingerprint density at radius 1 is 1.11 bits per heavy atom. The van der Waals surface area contributed by atoms with Crippen molar-refractivity contribution in [2.45, 2.75) is 0 Å². The third kappa shape index (κ3) is 2.22. The number of aromatic nitrogens is 1. The van der Waals surface area contributed by atoms with Gasteiger partial charge < -0.3 is 11.1 Å². The number of rotatable bonds is 2. The maximum atomic E-state index is 13.7. The Kier molecular flexibility index (Phi) is 2.79. The van der Waals surface area contributed by atoms with Crippen molar-refractivity contribution >= 4 is 38.6 Å². The van der Waals surface area contributed by atoms with E-state index in [2.05, 4.69) is 10.3 Å². The van der Waals surface area contributed by atoms with E-state index in [1.807, 2.05) is 0 Å². The molecule has 19 heavy (non-hydrogen) atoms. The number of benzene rings is 2. The van der Waals surface area contributed by atoms with Crippen LogP contribution in [0.25, 0.3) is 10.2 Å². The minimum absolute atomic E-state index is 0.0541. The summed E-state index contributed by atoms with van der Waals surface area (Å²) in [6.07, 6.45) is 0. The van der Waals surface area contributed by atoms with Gasteiger partial charge in [0, 0.05) is 11.4 Å². The van der Waals surface area contributed by atoms with E-state index in [0.717, 1.165) is 22.3 Å². The van der Waals surface area contributed by atoms with Crippen molar-refractivity contribution in [3.05, 3.63) is 47.5 Å². The Balaban J connectivity index is 2.00. The molecule has 0 bridgehead atoms. The summed E-state index contributed by atoms with van der Waals surface area (Å²) >= 11 is 1.46. The first-order chi connectivity index (χ1) is 9.13. The zero-order chi connectivity index (χ0) is 13.4. The SMILES string of the molecule is Nc1cc(F)c(Nc2ccc3ncsc3c2)c(F)c1. The number of fused-ring (bicyclic) bond motifs is 1. The predicted octanol–water partition coefficient (Wildman–Crippen LogP) is 3.90. The molecule has 3 N–H and O–H groups in total. The molecule has 2 aromatic carbocycles. The fraction of sp³-hybridized carbons (Fsp3) is 0. The van der Waals surface area contributed by atoms with Crippen molar-refractivity contribution in [3.63, 3.8) is 0 Å². The molecule has 3 aromatic rings. The number of hydrogen-bond donors (Lipinski definition) is 2. The summed E-state index contributed by atoms with van der Waals surface area (Å²) in [4.78, 5) is 4.14. The van der Waals surface area contributed by atoms with Gasteiger partial charge in [-0.15, -0.1) is 11.3 Å². The molecule has 0 saturated carbocycles. The molecule has 0 fully saturated rings. The van der Waals surface area contributed by atoms with Crippen LogP contribution in [0.3, 0.4) is 0 Å². The molecular weight excluding hydrogens is 268 g/mol. The van der Waals surface area contributed by atoms with Gasteiger partial charge in [0.25, 0.3) is 0 Å². The first-order valence-electron chi connectivity index (χ1n) is 5.48. The summed E-state index contributed by atoms with van der Waals surface area (Å²) in [5.74, 6) is -1.44. The van der Waals surface area contributed by atoms with Gasteiger partial charge in [0.05, 0.1) is 15.7 Å². The molecule has 0 spiro atoms. The van der Waals surface area contributed by atoms with Crippen LogP contribution in [0.2, 0.25) is 0 Å². The first-order valence-corrected chi connectivity index (χ1v) is 6.36. The molecule has 0 radical (unpaired) electrons. The summed E-state index contributed by atoms with van der Waals surface area (Å²) in [7, 11) is 0. The Hall–Kier alpha value is -2.21. The van der Waals surface area contributed by atoms with Crippen molar-refractivity contribution in [1.82, 2.24) is 4.98 Å². The fourth-order valence-corrected chi connectivity index (χ4v) is 2.51. The van der Waals surface area contributed by atoms with Crippen LogP contribution in [0.4, 0.5) is 25.8 Å². The molecule has 3 nitrogen and oxygen atoms in total. The van der Waals surface area contributed by atoms with Crippen molar-refractivity contribution in [1.29, 1.82) is 0 Å². The van der Waals surface area contributed by atoms with Gasteiger partial charge in [-0.1, -0.05) is 0 Å². The van der Waals surface area contributed by atoms with Crippen LogP contribution < -0.4 is 11.1 Å². The summed E-state index contributed by atoms with van der Waals surface area (Å²) in [5, 5.41) is 2.72. The van der Waals surface area contributed by atoms with E-state index in [9.17, 15) is 8.78 Å². The zero-order valence-corrected chi connectivity index (χ0v) is 10.5. The van der Waals surface area contributed by atoms with Gasteiger partial charge in [-0.3, -0.25) is 0 Å². The lowest BCUT2D eigenvalue weighted by Crippen LogP contribution is -1.99. The van der Waals surface area contributed by atoms with Crippen LogP contribution in [-0.4, -0.2) is 4.98 Å². The molecule has 1 heterocycles. The fourth-order valence-electron chi connectivity index (χ4n) is 1.79. The van der Waals surface area contributed by atoms with Gasteiger partial charge in [0.1, 0.15) is 5.69 Å². The lowest BCUT2D eigenvalue weighted by Gasteiger charge is -2.09. The Morgan fingerprint density at radius 2 is 1.84 bits per heavy atom. The van der Waals surface area contributed by atoms with Gasteiger partial charge in [0.15, 0.2) is 11.6 Å². The van der Waals surface area contributed by atoms with Gasteiger partial charge in [0.2, 0.25) is 0 Å². The quantitative estimate of drug-likeness (QED) is 0.698. The number of halogens is 2. The lowest BCUT2D eigenvalue weighted by molar-refractivity contribution is 0.592. The highest BCUT2D eigenvalue weighted by Gasteiger charge is 2.11. The number of anilines is 3. The van der Waals surface area contributed by atoms with Gasteiger partial charge in [-0.25, -0.2) is 13.8 Å². The largest absolute Gasteiger partial charge is 0.399 e. The van der Waals surface area contributed by atoms with Crippen molar-refractivity contribution in [2.24, 2.45) is 0 Å². The summed E-state index contributed by atoms with van der Waals surface area (Å²) < 4.78 is 28.3. The predicted molar refractivity (Wildman–Crippen MR) is 73.7 cm³/mol. The Bertz CT molecular complexity index is 731. The standard InChI is InChI=1S/C13H9F2N3S/c14-9-3-7(16)4-10(15)13(9)18-8-1-2-11-12(5-8)19-6-17-11/h1-6,18H,16H2. The van der Waals surface area contributed by atoms with E-state index in [4.69, 9.17) is 5.73 Å². The maximum absolute atomic E-state index is 13.7. The van der Waals surface area contributed by atoms with Crippen molar-refractivity contribution in [2.75, 3.05) is 11.1 Å². The highest BCUT2D eigenvalue weighted by molar-refractivity contribution is 7.16. The molecule has 0 saturated heterocycles. The molecule has 1 aromatic heterocycles. The third-order valence-corrected chi connectivity index (χ3v) is 3.46. The van der Waals surface area contributed by atoms with Crippen LogP contribution in [-0.2, 0) is 0 Å². The number of nitrogens with two attached hydrogens (primary N) is 1. The molecule has 6 heteroatoms. The van der Waals surface area contributed by atoms with E-state index in [-0.39, 0.29) is 11.4 Å². The van der Waals surface area contributed by atoms with Crippen LogP contribution in [0.1, 0.15) is 0 Å². The van der Waals surface area contributed by atoms with Crippen LogP contribution >= 0.6 is 11.3 Å². The van der Waals surface area contributed by atoms with Gasteiger partial charge in [-0.05, 0) is 30.3 Å². The monoisotopic (exact) mass is 277 g/mol. The van der Waals surface area contributed by atoms with E-state index in [1.54, 1.807) is 23.7 Å². The van der Waals surface area contributed by atoms with E-state index >= 15 is 0 Å². The second-order valence-electron chi connectivity index (χ2n) is 4.02. The maximum Gasteiger partial charge on any atom is 0.151 e. The minimum Gasteiger partial charge on any atom is -0.399 e. The molecular formula is C13H9F2N3S. The second-order valence-corrected chi connectivity index (χ2v) is 4.91. The van der Waals surface area contributed by atoms with Crippen molar-refractivity contribution < 1.29 is 8.78 Å². The zero-order valence-electron chi connectivity index (χ0n) is 9.65. The summed E-state index contributed by atoms with van der Waals surface area (Å²) in [6.45, 7) is 0. The highest BCUT2D eigenvalue weighted by Crippen LogP contribution is 2.28. The molecule has 0 atom stereocenters.